The number of rotatable bonds is 3. The Bertz CT molecular complexity index is 886. The van der Waals surface area contributed by atoms with Crippen LogP contribution in [0.15, 0.2) is 47.8 Å². The molecule has 0 aliphatic carbocycles. The number of aromatic nitrogens is 3. The predicted octanol–water partition coefficient (Wildman–Crippen LogP) is 1.37. The fourth-order valence-corrected chi connectivity index (χ4v) is 3.07. The van der Waals surface area contributed by atoms with E-state index in [2.05, 4.69) is 15.0 Å². The summed E-state index contributed by atoms with van der Waals surface area (Å²) in [5.74, 6) is 0.0327. The van der Waals surface area contributed by atoms with Gasteiger partial charge < -0.3 is 10.7 Å². The Labute approximate surface area is 121 Å². The molecule has 8 heteroatoms. The molecule has 0 saturated heterocycles. The standard InChI is InChI=1S/C13H13N5O2S/c1-18(10-2-3-12-9(6-10)4-5-15-12)21(19,20)11-7-16-13(14)17-8-11/h2-8,15H,1H3,(H2,14,16,17). The second-order valence-corrected chi connectivity index (χ2v) is 6.47. The summed E-state index contributed by atoms with van der Waals surface area (Å²) in [4.78, 5) is 10.5. The third-order valence-electron chi connectivity index (χ3n) is 3.21. The van der Waals surface area contributed by atoms with Crippen molar-refractivity contribution in [2.24, 2.45) is 0 Å². The van der Waals surface area contributed by atoms with Gasteiger partial charge in [0, 0.05) is 24.1 Å². The molecule has 2 heterocycles. The largest absolute Gasteiger partial charge is 0.368 e. The van der Waals surface area contributed by atoms with Gasteiger partial charge in [0.15, 0.2) is 0 Å². The molecule has 21 heavy (non-hydrogen) atoms. The molecule has 0 bridgehead atoms. The number of benzene rings is 1. The van der Waals surface area contributed by atoms with Gasteiger partial charge in [-0.15, -0.1) is 0 Å². The van der Waals surface area contributed by atoms with Crippen LogP contribution >= 0.6 is 0 Å². The summed E-state index contributed by atoms with van der Waals surface area (Å²) in [7, 11) is -2.23. The minimum absolute atomic E-state index is 0.00614. The topological polar surface area (TPSA) is 105 Å². The molecule has 0 fully saturated rings. The van der Waals surface area contributed by atoms with E-state index >= 15 is 0 Å². The molecule has 0 aliphatic rings. The molecule has 7 nitrogen and oxygen atoms in total. The molecule has 2 aromatic heterocycles. The highest BCUT2D eigenvalue weighted by atomic mass is 32.2. The van der Waals surface area contributed by atoms with Crippen molar-refractivity contribution in [3.05, 3.63) is 42.9 Å². The number of nitrogen functional groups attached to an aromatic ring is 1. The second-order valence-electron chi connectivity index (χ2n) is 4.50. The fourth-order valence-electron chi connectivity index (χ4n) is 1.99. The zero-order valence-corrected chi connectivity index (χ0v) is 12.0. The van der Waals surface area contributed by atoms with Crippen LogP contribution in [0.3, 0.4) is 0 Å². The highest BCUT2D eigenvalue weighted by Gasteiger charge is 2.22. The number of anilines is 2. The van der Waals surface area contributed by atoms with Crippen LogP contribution in [0.1, 0.15) is 0 Å². The average Bonchev–Trinajstić information content (AvgIpc) is 2.94. The van der Waals surface area contributed by atoms with Gasteiger partial charge in [0.25, 0.3) is 10.0 Å². The summed E-state index contributed by atoms with van der Waals surface area (Å²) in [6.07, 6.45) is 4.20. The number of sulfonamides is 1. The van der Waals surface area contributed by atoms with Crippen LogP contribution in [0.25, 0.3) is 10.9 Å². The van der Waals surface area contributed by atoms with Gasteiger partial charge in [0.1, 0.15) is 4.90 Å². The van der Waals surface area contributed by atoms with Crippen molar-refractivity contribution in [3.63, 3.8) is 0 Å². The molecular weight excluding hydrogens is 290 g/mol. The van der Waals surface area contributed by atoms with E-state index in [0.717, 1.165) is 10.9 Å². The molecule has 0 unspecified atom stereocenters. The quantitative estimate of drug-likeness (QED) is 0.760. The number of hydrogen-bond donors (Lipinski definition) is 2. The van der Waals surface area contributed by atoms with Gasteiger partial charge in [-0.25, -0.2) is 18.4 Å². The van der Waals surface area contributed by atoms with Gasteiger partial charge in [0.05, 0.1) is 18.1 Å². The van der Waals surface area contributed by atoms with Gasteiger partial charge >= 0.3 is 0 Å². The van der Waals surface area contributed by atoms with Crippen LogP contribution in [0.2, 0.25) is 0 Å². The highest BCUT2D eigenvalue weighted by molar-refractivity contribution is 7.92. The summed E-state index contributed by atoms with van der Waals surface area (Å²) >= 11 is 0. The molecule has 0 saturated carbocycles. The highest BCUT2D eigenvalue weighted by Crippen LogP contribution is 2.25. The predicted molar refractivity (Wildman–Crippen MR) is 80.3 cm³/mol. The van der Waals surface area contributed by atoms with Crippen LogP contribution in [-0.2, 0) is 10.0 Å². The molecule has 0 amide bonds. The molecule has 0 aliphatic heterocycles. The first kappa shape index (κ1) is 13.4. The Morgan fingerprint density at radius 2 is 1.90 bits per heavy atom. The summed E-state index contributed by atoms with van der Waals surface area (Å²) in [5, 5.41) is 0.933. The summed E-state index contributed by atoms with van der Waals surface area (Å²) in [6, 6.07) is 7.23. The van der Waals surface area contributed by atoms with Crippen LogP contribution in [-0.4, -0.2) is 30.4 Å². The van der Waals surface area contributed by atoms with Gasteiger partial charge in [-0.3, -0.25) is 4.31 Å². The molecule has 3 aromatic rings. The van der Waals surface area contributed by atoms with E-state index in [1.165, 1.54) is 23.7 Å². The van der Waals surface area contributed by atoms with E-state index in [9.17, 15) is 8.42 Å². The lowest BCUT2D eigenvalue weighted by molar-refractivity contribution is 0.593. The average molecular weight is 303 g/mol. The number of hydrogen-bond acceptors (Lipinski definition) is 5. The number of nitrogens with zero attached hydrogens (tertiary/aromatic N) is 3. The zero-order chi connectivity index (χ0) is 15.0. The van der Waals surface area contributed by atoms with Crippen molar-refractivity contribution in [3.8, 4) is 0 Å². The van der Waals surface area contributed by atoms with Crippen molar-refractivity contribution in [1.82, 2.24) is 15.0 Å². The van der Waals surface area contributed by atoms with Crippen LogP contribution in [0.5, 0.6) is 0 Å². The van der Waals surface area contributed by atoms with E-state index in [-0.39, 0.29) is 10.8 Å². The maximum absolute atomic E-state index is 12.5. The monoisotopic (exact) mass is 303 g/mol. The third-order valence-corrected chi connectivity index (χ3v) is 4.95. The first-order chi connectivity index (χ1) is 9.98. The molecule has 3 N–H and O–H groups in total. The summed E-state index contributed by atoms with van der Waals surface area (Å²) < 4.78 is 26.2. The van der Waals surface area contributed by atoms with Crippen molar-refractivity contribution in [1.29, 1.82) is 0 Å². The van der Waals surface area contributed by atoms with Crippen LogP contribution in [0.4, 0.5) is 11.6 Å². The number of fused-ring (bicyclic) bond motifs is 1. The zero-order valence-electron chi connectivity index (χ0n) is 11.2. The Morgan fingerprint density at radius 1 is 1.19 bits per heavy atom. The van der Waals surface area contributed by atoms with Gasteiger partial charge in [-0.2, -0.15) is 0 Å². The molecule has 108 valence electrons. The number of aromatic amines is 1. The van der Waals surface area contributed by atoms with E-state index < -0.39 is 10.0 Å². The lowest BCUT2D eigenvalue weighted by Crippen LogP contribution is -2.26. The molecule has 0 atom stereocenters. The van der Waals surface area contributed by atoms with Crippen molar-refractivity contribution in [2.75, 3.05) is 17.1 Å². The second kappa shape index (κ2) is 4.74. The van der Waals surface area contributed by atoms with Crippen molar-refractivity contribution < 1.29 is 8.42 Å². The Hall–Kier alpha value is -2.61. The lowest BCUT2D eigenvalue weighted by Gasteiger charge is -2.19. The minimum atomic E-state index is -3.72. The smallest absolute Gasteiger partial charge is 0.267 e. The lowest BCUT2D eigenvalue weighted by atomic mass is 10.2. The number of nitrogens with one attached hydrogen (secondary N) is 1. The number of H-pyrrole nitrogens is 1. The maximum Gasteiger partial charge on any atom is 0.267 e. The van der Waals surface area contributed by atoms with E-state index in [1.807, 2.05) is 12.1 Å². The fraction of sp³-hybridized carbons (Fsp3) is 0.0769. The Balaban J connectivity index is 2.03. The maximum atomic E-state index is 12.5. The van der Waals surface area contributed by atoms with Crippen molar-refractivity contribution in [2.45, 2.75) is 4.90 Å². The van der Waals surface area contributed by atoms with E-state index in [1.54, 1.807) is 18.3 Å². The molecule has 0 spiro atoms. The van der Waals surface area contributed by atoms with Crippen LogP contribution in [0, 0.1) is 0 Å². The van der Waals surface area contributed by atoms with Gasteiger partial charge in [-0.1, -0.05) is 0 Å². The molecule has 1 aromatic carbocycles. The van der Waals surface area contributed by atoms with Gasteiger partial charge in [0.2, 0.25) is 5.95 Å². The van der Waals surface area contributed by atoms with Crippen molar-refractivity contribution >= 4 is 32.6 Å². The van der Waals surface area contributed by atoms with Gasteiger partial charge in [-0.05, 0) is 24.3 Å². The van der Waals surface area contributed by atoms with E-state index in [0.29, 0.717) is 5.69 Å². The number of nitrogens with two attached hydrogens (primary N) is 1. The SMILES string of the molecule is CN(c1ccc2[nH]ccc2c1)S(=O)(=O)c1cnc(N)nc1. The minimum Gasteiger partial charge on any atom is -0.368 e. The molecule has 0 radical (unpaired) electrons. The normalized spacial score (nSPS) is 11.7. The molecule has 3 rings (SSSR count). The van der Waals surface area contributed by atoms with E-state index in [4.69, 9.17) is 5.73 Å². The van der Waals surface area contributed by atoms with Crippen LogP contribution < -0.4 is 10.0 Å². The summed E-state index contributed by atoms with van der Waals surface area (Å²) in [6.45, 7) is 0. The Morgan fingerprint density at radius 3 is 2.62 bits per heavy atom. The summed E-state index contributed by atoms with van der Waals surface area (Å²) in [5.41, 5.74) is 6.87. The first-order valence-electron chi connectivity index (χ1n) is 6.12. The Kier molecular flexibility index (Phi) is 3.02. The first-order valence-corrected chi connectivity index (χ1v) is 7.56. The molecular formula is C13H13N5O2S. The third kappa shape index (κ3) is 2.29.